The van der Waals surface area contributed by atoms with Gasteiger partial charge >= 0.3 is 0 Å². The minimum Gasteiger partial charge on any atom is -0.508 e. The summed E-state index contributed by atoms with van der Waals surface area (Å²) in [5.41, 5.74) is -0.0766. The number of carbonyl (C=O) groups is 1. The van der Waals surface area contributed by atoms with Crippen molar-refractivity contribution in [1.82, 2.24) is 0 Å². The Morgan fingerprint density at radius 1 is 1.23 bits per heavy atom. The zero-order chi connectivity index (χ0) is 18.6. The average Bonchev–Trinajstić information content (AvgIpc) is 2.74. The number of Topliss-reactive ketones (excluding diaryl/α,β-unsaturated/α-hetero) is 1. The third-order valence-corrected chi connectivity index (χ3v) is 7.13. The lowest BCUT2D eigenvalue weighted by Gasteiger charge is -2.52. The number of aliphatic hydroxyl groups is 3. The Labute approximate surface area is 150 Å². The summed E-state index contributed by atoms with van der Waals surface area (Å²) in [4.78, 5) is 12.9. The van der Waals surface area contributed by atoms with Crippen molar-refractivity contribution in [3.05, 3.63) is 34.9 Å². The SMILES string of the molecule is CC1(C)[C@@H]2C[C@]3(O)CC(=O)C(=C4[C@H](O)Oc5cc(O)ccc5[C@H]41)[C@@H]2[C@H]3O. The van der Waals surface area contributed by atoms with E-state index in [-0.39, 0.29) is 29.8 Å². The molecule has 3 aliphatic carbocycles. The molecule has 6 nitrogen and oxygen atoms in total. The molecule has 4 aliphatic rings. The number of fused-ring (bicyclic) bond motifs is 4. The molecule has 0 aromatic heterocycles. The Bertz CT molecular complexity index is 871. The highest BCUT2D eigenvalue weighted by Crippen LogP contribution is 2.66. The molecule has 2 saturated carbocycles. The van der Waals surface area contributed by atoms with Crippen LogP contribution in [0.4, 0.5) is 0 Å². The van der Waals surface area contributed by atoms with Gasteiger partial charge in [-0.25, -0.2) is 0 Å². The van der Waals surface area contributed by atoms with Crippen molar-refractivity contribution < 1.29 is 30.0 Å². The van der Waals surface area contributed by atoms with E-state index in [0.29, 0.717) is 23.3 Å². The smallest absolute Gasteiger partial charge is 0.221 e. The Balaban J connectivity index is 1.81. The predicted molar refractivity (Wildman–Crippen MR) is 90.5 cm³/mol. The predicted octanol–water partition coefficient (Wildman–Crippen LogP) is 1.22. The number of hydrogen-bond donors (Lipinski definition) is 4. The number of ether oxygens (including phenoxy) is 1. The Morgan fingerprint density at radius 3 is 2.69 bits per heavy atom. The lowest BCUT2D eigenvalue weighted by atomic mass is 9.54. The quantitative estimate of drug-likeness (QED) is 0.556. The first-order valence-corrected chi connectivity index (χ1v) is 9.00. The van der Waals surface area contributed by atoms with Gasteiger partial charge in [0.2, 0.25) is 6.29 Å². The third kappa shape index (κ3) is 1.75. The van der Waals surface area contributed by atoms with Gasteiger partial charge in [-0.1, -0.05) is 19.9 Å². The summed E-state index contributed by atoms with van der Waals surface area (Å²) in [6.07, 6.45) is -2.10. The molecule has 6 heteroatoms. The number of hydrogen-bond acceptors (Lipinski definition) is 6. The van der Waals surface area contributed by atoms with Gasteiger partial charge in [0.1, 0.15) is 11.5 Å². The molecule has 26 heavy (non-hydrogen) atoms. The molecule has 138 valence electrons. The van der Waals surface area contributed by atoms with E-state index < -0.39 is 29.3 Å². The van der Waals surface area contributed by atoms with Gasteiger partial charge in [0.05, 0.1) is 11.7 Å². The van der Waals surface area contributed by atoms with Gasteiger partial charge in [0, 0.05) is 41.0 Å². The van der Waals surface area contributed by atoms with E-state index in [0.717, 1.165) is 5.56 Å². The Kier molecular flexibility index (Phi) is 2.94. The van der Waals surface area contributed by atoms with Gasteiger partial charge in [0.25, 0.3) is 0 Å². The van der Waals surface area contributed by atoms with Crippen molar-refractivity contribution in [3.63, 3.8) is 0 Å². The van der Waals surface area contributed by atoms with E-state index in [1.54, 1.807) is 12.1 Å². The van der Waals surface area contributed by atoms with Crippen LogP contribution in [-0.4, -0.2) is 44.2 Å². The minimum atomic E-state index is -1.40. The number of phenols is 1. The van der Waals surface area contributed by atoms with Crippen molar-refractivity contribution in [3.8, 4) is 11.5 Å². The fourth-order valence-corrected chi connectivity index (χ4v) is 6.02. The summed E-state index contributed by atoms with van der Waals surface area (Å²) in [6.45, 7) is 4.10. The van der Waals surface area contributed by atoms with Gasteiger partial charge in [-0.3, -0.25) is 4.79 Å². The summed E-state index contributed by atoms with van der Waals surface area (Å²) in [7, 11) is 0. The maximum atomic E-state index is 12.9. The van der Waals surface area contributed by atoms with Gasteiger partial charge in [-0.15, -0.1) is 0 Å². The van der Waals surface area contributed by atoms with Crippen LogP contribution in [0.5, 0.6) is 11.5 Å². The highest BCUT2D eigenvalue weighted by molar-refractivity contribution is 6.00. The maximum absolute atomic E-state index is 12.9. The van der Waals surface area contributed by atoms with Crippen LogP contribution in [0.3, 0.4) is 0 Å². The van der Waals surface area contributed by atoms with Gasteiger partial charge in [-0.05, 0) is 23.8 Å². The van der Waals surface area contributed by atoms with Crippen LogP contribution in [0, 0.1) is 17.3 Å². The zero-order valence-corrected chi connectivity index (χ0v) is 14.6. The standard InChI is InChI=1S/C20H22O6/c1-19(2)10-6-20(25)7-11(22)14(13(10)17(20)23)15-16(19)9-4-3-8(21)5-12(9)26-18(15)24/h3-5,10,13,16-18,21,23-25H,6-7H2,1-2H3/t10-,13-,16-,17-,18-,20+/m1/s1. The number of carbonyl (C=O) groups excluding carboxylic acids is 1. The molecule has 1 aromatic rings. The number of ketones is 1. The van der Waals surface area contributed by atoms with Crippen molar-refractivity contribution in [1.29, 1.82) is 0 Å². The van der Waals surface area contributed by atoms with Crippen LogP contribution in [0.15, 0.2) is 29.3 Å². The molecule has 1 aliphatic heterocycles. The molecular weight excluding hydrogens is 336 g/mol. The molecule has 2 bridgehead atoms. The van der Waals surface area contributed by atoms with Crippen LogP contribution < -0.4 is 4.74 Å². The van der Waals surface area contributed by atoms with E-state index in [9.17, 15) is 25.2 Å². The second-order valence-electron chi connectivity index (χ2n) is 8.80. The van der Waals surface area contributed by atoms with Gasteiger partial charge < -0.3 is 25.2 Å². The fourth-order valence-electron chi connectivity index (χ4n) is 6.02. The third-order valence-electron chi connectivity index (χ3n) is 7.13. The van der Waals surface area contributed by atoms with Gasteiger partial charge in [-0.2, -0.15) is 0 Å². The fraction of sp³-hybridized carbons (Fsp3) is 0.550. The van der Waals surface area contributed by atoms with E-state index in [4.69, 9.17) is 4.74 Å². The van der Waals surface area contributed by atoms with Crippen LogP contribution in [-0.2, 0) is 4.79 Å². The van der Waals surface area contributed by atoms with Crippen molar-refractivity contribution in [2.45, 2.75) is 50.6 Å². The number of aliphatic hydroxyl groups excluding tert-OH is 2. The van der Waals surface area contributed by atoms with E-state index in [2.05, 4.69) is 13.8 Å². The molecule has 0 radical (unpaired) electrons. The average molecular weight is 358 g/mol. The normalized spacial score (nSPS) is 42.2. The van der Waals surface area contributed by atoms with E-state index in [1.165, 1.54) is 6.07 Å². The monoisotopic (exact) mass is 358 g/mol. The first kappa shape index (κ1) is 16.3. The summed E-state index contributed by atoms with van der Waals surface area (Å²) >= 11 is 0. The summed E-state index contributed by atoms with van der Waals surface area (Å²) in [5, 5.41) is 42.1. The first-order valence-electron chi connectivity index (χ1n) is 9.00. The highest BCUT2D eigenvalue weighted by Gasteiger charge is 2.67. The van der Waals surface area contributed by atoms with Crippen molar-refractivity contribution >= 4 is 5.78 Å². The molecule has 1 aromatic carbocycles. The number of benzene rings is 1. The molecule has 4 N–H and O–H groups in total. The molecule has 0 amide bonds. The molecule has 0 unspecified atom stereocenters. The molecule has 6 atom stereocenters. The van der Waals surface area contributed by atoms with E-state index in [1.807, 2.05) is 0 Å². The molecular formula is C20H22O6. The van der Waals surface area contributed by atoms with Crippen LogP contribution in [0.2, 0.25) is 0 Å². The summed E-state index contributed by atoms with van der Waals surface area (Å²) in [5.74, 6) is -0.636. The number of phenolic OH excluding ortho intramolecular Hbond substituents is 1. The van der Waals surface area contributed by atoms with Crippen molar-refractivity contribution in [2.75, 3.05) is 0 Å². The Morgan fingerprint density at radius 2 is 1.96 bits per heavy atom. The highest BCUT2D eigenvalue weighted by atomic mass is 16.6. The molecule has 1 heterocycles. The second kappa shape index (κ2) is 4.68. The lowest BCUT2D eigenvalue weighted by molar-refractivity contribution is -0.134. The topological polar surface area (TPSA) is 107 Å². The summed E-state index contributed by atoms with van der Waals surface area (Å²) in [6, 6.07) is 4.81. The molecule has 0 saturated heterocycles. The minimum absolute atomic E-state index is 0.0427. The summed E-state index contributed by atoms with van der Waals surface area (Å²) < 4.78 is 5.62. The lowest BCUT2D eigenvalue weighted by Crippen LogP contribution is -2.52. The zero-order valence-electron chi connectivity index (χ0n) is 14.6. The molecule has 2 fully saturated rings. The van der Waals surface area contributed by atoms with Crippen LogP contribution in [0.1, 0.15) is 38.2 Å². The number of aromatic hydroxyl groups is 1. The number of rotatable bonds is 0. The van der Waals surface area contributed by atoms with Gasteiger partial charge in [0.15, 0.2) is 5.78 Å². The first-order chi connectivity index (χ1) is 12.1. The largest absolute Gasteiger partial charge is 0.508 e. The van der Waals surface area contributed by atoms with Crippen LogP contribution in [0.25, 0.3) is 0 Å². The molecule has 5 rings (SSSR count). The van der Waals surface area contributed by atoms with E-state index >= 15 is 0 Å². The molecule has 0 spiro atoms. The van der Waals surface area contributed by atoms with Crippen molar-refractivity contribution in [2.24, 2.45) is 17.3 Å². The Hall–Kier alpha value is -1.89. The van der Waals surface area contributed by atoms with Crippen LogP contribution >= 0.6 is 0 Å². The maximum Gasteiger partial charge on any atom is 0.221 e. The second-order valence-corrected chi connectivity index (χ2v) is 8.80.